The van der Waals surface area contributed by atoms with Gasteiger partial charge in [-0.15, -0.1) is 0 Å². The third-order valence-corrected chi connectivity index (χ3v) is 4.29. The molecule has 0 bridgehead atoms. The molecule has 0 amide bonds. The molecule has 1 aromatic carbocycles. The van der Waals surface area contributed by atoms with Gasteiger partial charge in [-0.25, -0.2) is 0 Å². The van der Waals surface area contributed by atoms with Crippen molar-refractivity contribution in [1.82, 2.24) is 5.32 Å². The summed E-state index contributed by atoms with van der Waals surface area (Å²) in [5.41, 5.74) is 7.07. The fourth-order valence-corrected chi connectivity index (χ4v) is 3.40. The molecule has 1 aromatic rings. The van der Waals surface area contributed by atoms with E-state index in [4.69, 9.17) is 17.3 Å². The quantitative estimate of drug-likeness (QED) is 0.890. The van der Waals surface area contributed by atoms with E-state index in [1.807, 2.05) is 18.2 Å². The average Bonchev–Trinajstić information content (AvgIpc) is 2.79. The molecule has 1 aliphatic carbocycles. The Balaban J connectivity index is 2.10. The van der Waals surface area contributed by atoms with Crippen molar-refractivity contribution < 1.29 is 0 Å². The largest absolute Gasteiger partial charge is 0.329 e. The van der Waals surface area contributed by atoms with E-state index in [0.29, 0.717) is 12.6 Å². The summed E-state index contributed by atoms with van der Waals surface area (Å²) in [6, 6.07) is 6.72. The maximum atomic E-state index is 5.95. The van der Waals surface area contributed by atoms with Crippen LogP contribution in [0.2, 0.25) is 5.02 Å². The molecule has 1 fully saturated rings. The van der Waals surface area contributed by atoms with Crippen LogP contribution in [0.25, 0.3) is 0 Å². The lowest BCUT2D eigenvalue weighted by Gasteiger charge is -2.23. The van der Waals surface area contributed by atoms with Crippen LogP contribution in [0.15, 0.2) is 22.7 Å². The summed E-state index contributed by atoms with van der Waals surface area (Å²) >= 11 is 9.51. The van der Waals surface area contributed by atoms with Crippen molar-refractivity contribution in [1.29, 1.82) is 0 Å². The number of rotatable bonds is 4. The Hall–Kier alpha value is -0.0900. The van der Waals surface area contributed by atoms with Crippen molar-refractivity contribution in [2.75, 3.05) is 6.54 Å². The van der Waals surface area contributed by atoms with Crippen LogP contribution in [0.5, 0.6) is 0 Å². The van der Waals surface area contributed by atoms with Crippen molar-refractivity contribution in [3.05, 3.63) is 33.3 Å². The first-order valence-electron chi connectivity index (χ1n) is 6.12. The standard InChI is InChI=1S/C13H18BrClN2/c14-12-7-9(15)5-6-11(12)13(8-16)17-10-3-1-2-4-10/h5-7,10,13,17H,1-4,8,16H2. The third-order valence-electron chi connectivity index (χ3n) is 3.37. The highest BCUT2D eigenvalue weighted by Crippen LogP contribution is 2.28. The number of nitrogens with one attached hydrogen (secondary N) is 1. The van der Waals surface area contributed by atoms with Gasteiger partial charge >= 0.3 is 0 Å². The lowest BCUT2D eigenvalue weighted by Crippen LogP contribution is -2.35. The van der Waals surface area contributed by atoms with Crippen molar-refractivity contribution in [2.45, 2.75) is 37.8 Å². The molecule has 1 saturated carbocycles. The maximum absolute atomic E-state index is 5.95. The van der Waals surface area contributed by atoms with Crippen LogP contribution in [0, 0.1) is 0 Å². The molecule has 1 aliphatic rings. The summed E-state index contributed by atoms with van der Waals surface area (Å²) < 4.78 is 1.03. The van der Waals surface area contributed by atoms with Crippen molar-refractivity contribution >= 4 is 27.5 Å². The number of benzene rings is 1. The van der Waals surface area contributed by atoms with Crippen LogP contribution in [0.4, 0.5) is 0 Å². The first-order chi connectivity index (χ1) is 8.20. The lowest BCUT2D eigenvalue weighted by molar-refractivity contribution is 0.443. The molecule has 1 unspecified atom stereocenters. The molecule has 0 radical (unpaired) electrons. The summed E-state index contributed by atoms with van der Waals surface area (Å²) in [7, 11) is 0. The molecule has 94 valence electrons. The average molecular weight is 318 g/mol. The van der Waals surface area contributed by atoms with E-state index in [9.17, 15) is 0 Å². The Morgan fingerprint density at radius 2 is 2.12 bits per heavy atom. The van der Waals surface area contributed by atoms with Crippen LogP contribution < -0.4 is 11.1 Å². The van der Waals surface area contributed by atoms with Gasteiger partial charge in [0.15, 0.2) is 0 Å². The molecular weight excluding hydrogens is 300 g/mol. The van der Waals surface area contributed by atoms with Gasteiger partial charge in [-0.1, -0.05) is 46.4 Å². The molecule has 4 heteroatoms. The van der Waals surface area contributed by atoms with E-state index in [1.165, 1.54) is 31.2 Å². The number of hydrogen-bond donors (Lipinski definition) is 2. The van der Waals surface area contributed by atoms with E-state index in [0.717, 1.165) is 9.50 Å². The third kappa shape index (κ3) is 3.44. The molecule has 2 nitrogen and oxygen atoms in total. The fraction of sp³-hybridized carbons (Fsp3) is 0.538. The highest BCUT2D eigenvalue weighted by molar-refractivity contribution is 9.10. The zero-order chi connectivity index (χ0) is 12.3. The molecular formula is C13H18BrClN2. The van der Waals surface area contributed by atoms with Gasteiger partial charge in [-0.2, -0.15) is 0 Å². The van der Waals surface area contributed by atoms with Crippen LogP contribution in [0.3, 0.4) is 0 Å². The zero-order valence-electron chi connectivity index (χ0n) is 9.76. The summed E-state index contributed by atoms with van der Waals surface area (Å²) in [6.45, 7) is 0.608. The van der Waals surface area contributed by atoms with Crippen LogP contribution >= 0.6 is 27.5 Å². The van der Waals surface area contributed by atoms with Gasteiger partial charge in [0.05, 0.1) is 0 Å². The molecule has 2 rings (SSSR count). The smallest absolute Gasteiger partial charge is 0.0457 e. The van der Waals surface area contributed by atoms with Gasteiger partial charge in [0.2, 0.25) is 0 Å². The minimum absolute atomic E-state index is 0.213. The number of halogens is 2. The maximum Gasteiger partial charge on any atom is 0.0457 e. The van der Waals surface area contributed by atoms with E-state index in [2.05, 4.69) is 21.2 Å². The Morgan fingerprint density at radius 1 is 1.41 bits per heavy atom. The van der Waals surface area contributed by atoms with Gasteiger partial charge in [0.25, 0.3) is 0 Å². The SMILES string of the molecule is NCC(NC1CCCC1)c1ccc(Cl)cc1Br. The number of hydrogen-bond acceptors (Lipinski definition) is 2. The molecule has 1 atom stereocenters. The molecule has 0 aromatic heterocycles. The monoisotopic (exact) mass is 316 g/mol. The molecule has 3 N–H and O–H groups in total. The first kappa shape index (κ1) is 13.3. The Labute approximate surface area is 116 Å². The molecule has 0 heterocycles. The normalized spacial score (nSPS) is 18.5. The van der Waals surface area contributed by atoms with Gasteiger partial charge in [0.1, 0.15) is 0 Å². The minimum atomic E-state index is 0.213. The molecule has 0 spiro atoms. The van der Waals surface area contributed by atoms with Gasteiger partial charge < -0.3 is 11.1 Å². The zero-order valence-corrected chi connectivity index (χ0v) is 12.1. The second kappa shape index (κ2) is 6.19. The summed E-state index contributed by atoms with van der Waals surface area (Å²) in [6.07, 6.45) is 5.19. The highest BCUT2D eigenvalue weighted by Gasteiger charge is 2.20. The lowest BCUT2D eigenvalue weighted by atomic mass is 10.1. The number of nitrogens with two attached hydrogens (primary N) is 1. The molecule has 0 aliphatic heterocycles. The topological polar surface area (TPSA) is 38.0 Å². The molecule has 17 heavy (non-hydrogen) atoms. The Bertz CT molecular complexity index is 378. The van der Waals surface area contributed by atoms with Gasteiger partial charge in [-0.05, 0) is 30.5 Å². The summed E-state index contributed by atoms with van der Waals surface area (Å²) in [5.74, 6) is 0. The van der Waals surface area contributed by atoms with Gasteiger partial charge in [0, 0.05) is 28.1 Å². The second-order valence-corrected chi connectivity index (χ2v) is 5.89. The van der Waals surface area contributed by atoms with Crippen LogP contribution in [-0.4, -0.2) is 12.6 Å². The van der Waals surface area contributed by atoms with Crippen molar-refractivity contribution in [3.63, 3.8) is 0 Å². The van der Waals surface area contributed by atoms with Gasteiger partial charge in [-0.3, -0.25) is 0 Å². The summed E-state index contributed by atoms with van der Waals surface area (Å²) in [4.78, 5) is 0. The second-order valence-electron chi connectivity index (χ2n) is 4.60. The molecule has 0 saturated heterocycles. The minimum Gasteiger partial charge on any atom is -0.329 e. The predicted octanol–water partition coefficient (Wildman–Crippen LogP) is 3.63. The van der Waals surface area contributed by atoms with Crippen LogP contribution in [0.1, 0.15) is 37.3 Å². The van der Waals surface area contributed by atoms with E-state index >= 15 is 0 Å². The van der Waals surface area contributed by atoms with Crippen molar-refractivity contribution in [2.24, 2.45) is 5.73 Å². The first-order valence-corrected chi connectivity index (χ1v) is 7.29. The summed E-state index contributed by atoms with van der Waals surface area (Å²) in [5, 5.41) is 4.39. The predicted molar refractivity (Wildman–Crippen MR) is 76.3 cm³/mol. The Morgan fingerprint density at radius 3 is 2.71 bits per heavy atom. The fourth-order valence-electron chi connectivity index (χ4n) is 2.45. The van der Waals surface area contributed by atoms with E-state index in [1.54, 1.807) is 0 Å². The Kier molecular flexibility index (Phi) is 4.86. The van der Waals surface area contributed by atoms with E-state index < -0.39 is 0 Å². The highest BCUT2D eigenvalue weighted by atomic mass is 79.9. The van der Waals surface area contributed by atoms with Crippen LogP contribution in [-0.2, 0) is 0 Å². The van der Waals surface area contributed by atoms with Crippen molar-refractivity contribution in [3.8, 4) is 0 Å². The van der Waals surface area contributed by atoms with E-state index in [-0.39, 0.29) is 6.04 Å².